The van der Waals surface area contributed by atoms with Gasteiger partial charge in [0.05, 0.1) is 0 Å². The number of piperidine rings is 1. The van der Waals surface area contributed by atoms with E-state index in [9.17, 15) is 4.79 Å². The minimum atomic E-state index is 0.251. The molecule has 0 spiro atoms. The average Bonchev–Trinajstić information content (AvgIpc) is 2.08. The largest absolute Gasteiger partial charge is 0.349 e. The van der Waals surface area contributed by atoms with Gasteiger partial charge in [0.1, 0.15) is 0 Å². The van der Waals surface area contributed by atoms with Gasteiger partial charge in [0.15, 0.2) is 0 Å². The molecule has 1 aliphatic heterocycles. The summed E-state index contributed by atoms with van der Waals surface area (Å²) in [6.07, 6.45) is 3.09. The Labute approximate surface area is 80.5 Å². The van der Waals surface area contributed by atoms with Gasteiger partial charge in [0.25, 0.3) is 0 Å². The van der Waals surface area contributed by atoms with E-state index in [1.165, 1.54) is 12.8 Å². The van der Waals surface area contributed by atoms with Gasteiger partial charge in [-0.1, -0.05) is 0 Å². The van der Waals surface area contributed by atoms with E-state index in [1.54, 1.807) is 4.90 Å². The van der Waals surface area contributed by atoms with Crippen LogP contribution >= 0.6 is 0 Å². The zero-order chi connectivity index (χ0) is 9.84. The van der Waals surface area contributed by atoms with Gasteiger partial charge in [-0.15, -0.1) is 0 Å². The van der Waals surface area contributed by atoms with Crippen LogP contribution in [0.1, 0.15) is 26.2 Å². The SMILES string of the molecule is C[C@H]1NCCC[C@H]1CC(=O)N(C)C. The van der Waals surface area contributed by atoms with E-state index in [0.717, 1.165) is 6.54 Å². The molecule has 0 aromatic heterocycles. The van der Waals surface area contributed by atoms with Crippen molar-refractivity contribution in [3.63, 3.8) is 0 Å². The number of nitrogens with one attached hydrogen (secondary N) is 1. The molecule has 0 unspecified atom stereocenters. The molecule has 2 atom stereocenters. The Balaban J connectivity index is 2.38. The number of carbonyl (C=O) groups excluding carboxylic acids is 1. The second-order valence-corrected chi connectivity index (χ2v) is 4.14. The Kier molecular flexibility index (Phi) is 3.72. The van der Waals surface area contributed by atoms with Crippen molar-refractivity contribution in [1.82, 2.24) is 10.2 Å². The maximum atomic E-state index is 11.5. The molecule has 0 aromatic rings. The average molecular weight is 184 g/mol. The number of amides is 1. The van der Waals surface area contributed by atoms with Gasteiger partial charge in [0.2, 0.25) is 5.91 Å². The van der Waals surface area contributed by atoms with E-state index in [-0.39, 0.29) is 5.91 Å². The molecule has 3 heteroatoms. The summed E-state index contributed by atoms with van der Waals surface area (Å²) in [5.74, 6) is 0.782. The smallest absolute Gasteiger partial charge is 0.222 e. The normalized spacial score (nSPS) is 28.5. The number of rotatable bonds is 2. The minimum Gasteiger partial charge on any atom is -0.349 e. The first-order chi connectivity index (χ1) is 6.11. The third-order valence-corrected chi connectivity index (χ3v) is 2.86. The van der Waals surface area contributed by atoms with Crippen molar-refractivity contribution in [3.8, 4) is 0 Å². The quantitative estimate of drug-likeness (QED) is 0.690. The summed E-state index contributed by atoms with van der Waals surface area (Å²) in [7, 11) is 3.65. The molecular formula is C10H20N2O. The third kappa shape index (κ3) is 2.99. The van der Waals surface area contributed by atoms with Crippen molar-refractivity contribution >= 4 is 5.91 Å². The molecule has 0 aliphatic carbocycles. The molecule has 1 saturated heterocycles. The summed E-state index contributed by atoms with van der Waals surface area (Å²) in [4.78, 5) is 13.1. The van der Waals surface area contributed by atoms with Gasteiger partial charge in [-0.3, -0.25) is 4.79 Å². The lowest BCUT2D eigenvalue weighted by Gasteiger charge is -2.30. The lowest BCUT2D eigenvalue weighted by Crippen LogP contribution is -2.41. The lowest BCUT2D eigenvalue weighted by molar-refractivity contribution is -0.130. The summed E-state index contributed by atoms with van der Waals surface area (Å²) in [5, 5.41) is 3.41. The molecule has 13 heavy (non-hydrogen) atoms. The van der Waals surface area contributed by atoms with Crippen molar-refractivity contribution in [1.29, 1.82) is 0 Å². The van der Waals surface area contributed by atoms with Crippen molar-refractivity contribution in [2.24, 2.45) is 5.92 Å². The summed E-state index contributed by atoms with van der Waals surface area (Å²) < 4.78 is 0. The Morgan fingerprint density at radius 2 is 2.23 bits per heavy atom. The molecule has 0 radical (unpaired) electrons. The Morgan fingerprint density at radius 1 is 1.54 bits per heavy atom. The molecule has 1 heterocycles. The van der Waals surface area contributed by atoms with Gasteiger partial charge in [-0.2, -0.15) is 0 Å². The molecule has 1 N–H and O–H groups in total. The van der Waals surface area contributed by atoms with E-state index in [1.807, 2.05) is 14.1 Å². The first kappa shape index (κ1) is 10.5. The molecule has 1 aliphatic rings. The fourth-order valence-corrected chi connectivity index (χ4v) is 1.80. The highest BCUT2D eigenvalue weighted by atomic mass is 16.2. The van der Waals surface area contributed by atoms with E-state index in [0.29, 0.717) is 18.4 Å². The van der Waals surface area contributed by atoms with Gasteiger partial charge >= 0.3 is 0 Å². The van der Waals surface area contributed by atoms with E-state index in [2.05, 4.69) is 12.2 Å². The number of nitrogens with zero attached hydrogens (tertiary/aromatic N) is 1. The maximum Gasteiger partial charge on any atom is 0.222 e. The molecule has 3 nitrogen and oxygen atoms in total. The van der Waals surface area contributed by atoms with Crippen LogP contribution in [0.2, 0.25) is 0 Å². The Bertz CT molecular complexity index is 180. The minimum absolute atomic E-state index is 0.251. The molecule has 0 aromatic carbocycles. The monoisotopic (exact) mass is 184 g/mol. The lowest BCUT2D eigenvalue weighted by atomic mass is 9.89. The van der Waals surface area contributed by atoms with Crippen molar-refractivity contribution < 1.29 is 4.79 Å². The topological polar surface area (TPSA) is 32.3 Å². The molecule has 76 valence electrons. The van der Waals surface area contributed by atoms with Gasteiger partial charge in [0, 0.05) is 26.6 Å². The molecular weight excluding hydrogens is 164 g/mol. The van der Waals surface area contributed by atoms with E-state index in [4.69, 9.17) is 0 Å². The van der Waals surface area contributed by atoms with Crippen molar-refractivity contribution in [3.05, 3.63) is 0 Å². The van der Waals surface area contributed by atoms with E-state index < -0.39 is 0 Å². The summed E-state index contributed by atoms with van der Waals surface area (Å²) >= 11 is 0. The zero-order valence-electron chi connectivity index (χ0n) is 8.84. The third-order valence-electron chi connectivity index (χ3n) is 2.86. The molecule has 1 rings (SSSR count). The van der Waals surface area contributed by atoms with Crippen LogP contribution in [0.5, 0.6) is 0 Å². The van der Waals surface area contributed by atoms with Crippen LogP contribution in [0.4, 0.5) is 0 Å². The number of carbonyl (C=O) groups is 1. The summed E-state index contributed by atoms with van der Waals surface area (Å²) in [6.45, 7) is 3.28. The second-order valence-electron chi connectivity index (χ2n) is 4.14. The van der Waals surface area contributed by atoms with Gasteiger partial charge < -0.3 is 10.2 Å². The standard InChI is InChI=1S/C10H20N2O/c1-8-9(5-4-6-11-8)7-10(13)12(2)3/h8-9,11H,4-7H2,1-3H3/t8-,9+/m1/s1. The Morgan fingerprint density at radius 3 is 2.77 bits per heavy atom. The predicted molar refractivity (Wildman–Crippen MR) is 53.5 cm³/mol. The highest BCUT2D eigenvalue weighted by molar-refractivity contribution is 5.75. The molecule has 0 bridgehead atoms. The van der Waals surface area contributed by atoms with Gasteiger partial charge in [-0.25, -0.2) is 0 Å². The Hall–Kier alpha value is -0.570. The number of hydrogen-bond acceptors (Lipinski definition) is 2. The number of hydrogen-bond donors (Lipinski definition) is 1. The summed E-state index contributed by atoms with van der Waals surface area (Å²) in [6, 6.07) is 0.498. The van der Waals surface area contributed by atoms with Crippen LogP contribution in [0.3, 0.4) is 0 Å². The fraction of sp³-hybridized carbons (Fsp3) is 0.900. The highest BCUT2D eigenvalue weighted by Gasteiger charge is 2.23. The zero-order valence-corrected chi connectivity index (χ0v) is 8.84. The fourth-order valence-electron chi connectivity index (χ4n) is 1.80. The predicted octanol–water partition coefficient (Wildman–Crippen LogP) is 0.853. The molecule has 1 amide bonds. The van der Waals surface area contributed by atoms with Crippen LogP contribution in [0.25, 0.3) is 0 Å². The first-order valence-electron chi connectivity index (χ1n) is 5.05. The van der Waals surface area contributed by atoms with Crippen LogP contribution in [0, 0.1) is 5.92 Å². The highest BCUT2D eigenvalue weighted by Crippen LogP contribution is 2.20. The van der Waals surface area contributed by atoms with Crippen LogP contribution in [-0.4, -0.2) is 37.5 Å². The van der Waals surface area contributed by atoms with Gasteiger partial charge in [-0.05, 0) is 32.2 Å². The second kappa shape index (κ2) is 4.61. The van der Waals surface area contributed by atoms with Crippen molar-refractivity contribution in [2.45, 2.75) is 32.2 Å². The van der Waals surface area contributed by atoms with Crippen LogP contribution in [-0.2, 0) is 4.79 Å². The summed E-state index contributed by atoms with van der Waals surface area (Å²) in [5.41, 5.74) is 0. The van der Waals surface area contributed by atoms with Crippen LogP contribution < -0.4 is 5.32 Å². The molecule has 1 fully saturated rings. The van der Waals surface area contributed by atoms with Crippen molar-refractivity contribution in [2.75, 3.05) is 20.6 Å². The van der Waals surface area contributed by atoms with Crippen LogP contribution in [0.15, 0.2) is 0 Å². The first-order valence-corrected chi connectivity index (χ1v) is 5.05. The maximum absolute atomic E-state index is 11.5. The van der Waals surface area contributed by atoms with E-state index >= 15 is 0 Å². The molecule has 0 saturated carbocycles.